The third-order valence-electron chi connectivity index (χ3n) is 3.04. The number of benzene rings is 1. The summed E-state index contributed by atoms with van der Waals surface area (Å²) in [6.45, 7) is 3.61. The molecule has 1 aromatic carbocycles. The van der Waals surface area contributed by atoms with Crippen LogP contribution in [0, 0.1) is 6.92 Å². The quantitative estimate of drug-likeness (QED) is 0.888. The lowest BCUT2D eigenvalue weighted by Gasteiger charge is -2.23. The first-order valence-corrected chi connectivity index (χ1v) is 6.73. The van der Waals surface area contributed by atoms with Crippen molar-refractivity contribution in [1.29, 1.82) is 0 Å². The van der Waals surface area contributed by atoms with Crippen LogP contribution in [-0.2, 0) is 4.74 Å². The summed E-state index contributed by atoms with van der Waals surface area (Å²) in [6, 6.07) is 3.76. The highest BCUT2D eigenvalue weighted by Gasteiger charge is 2.14. The number of rotatable bonds is 3. The fourth-order valence-electron chi connectivity index (χ4n) is 1.97. The van der Waals surface area contributed by atoms with Crippen LogP contribution in [0.2, 0.25) is 10.0 Å². The predicted octanol–water partition coefficient (Wildman–Crippen LogP) is 4.28. The molecule has 1 N–H and O–H groups in total. The van der Waals surface area contributed by atoms with Crippen molar-refractivity contribution < 1.29 is 4.74 Å². The SMILES string of the molecule is Cc1cc(Cl)c(NCC2CCCCO2)cc1Cl. The topological polar surface area (TPSA) is 21.3 Å². The van der Waals surface area contributed by atoms with Gasteiger partial charge in [-0.05, 0) is 43.9 Å². The molecule has 1 heterocycles. The molecule has 0 aromatic heterocycles. The zero-order valence-electron chi connectivity index (χ0n) is 9.93. The molecule has 94 valence electrons. The summed E-state index contributed by atoms with van der Waals surface area (Å²) in [6.07, 6.45) is 3.83. The van der Waals surface area contributed by atoms with Gasteiger partial charge >= 0.3 is 0 Å². The molecular formula is C13H17Cl2NO. The second-order valence-electron chi connectivity index (χ2n) is 4.45. The van der Waals surface area contributed by atoms with Crippen LogP contribution in [0.4, 0.5) is 5.69 Å². The van der Waals surface area contributed by atoms with Crippen LogP contribution in [0.5, 0.6) is 0 Å². The zero-order valence-corrected chi connectivity index (χ0v) is 11.4. The highest BCUT2D eigenvalue weighted by atomic mass is 35.5. The number of halogens is 2. The van der Waals surface area contributed by atoms with E-state index in [9.17, 15) is 0 Å². The average Bonchev–Trinajstić information content (AvgIpc) is 2.33. The number of aryl methyl sites for hydroxylation is 1. The smallest absolute Gasteiger partial charge is 0.0747 e. The van der Waals surface area contributed by atoms with Crippen LogP contribution in [0.25, 0.3) is 0 Å². The van der Waals surface area contributed by atoms with Gasteiger partial charge in [-0.2, -0.15) is 0 Å². The number of nitrogens with one attached hydrogen (secondary N) is 1. The van der Waals surface area contributed by atoms with Crippen LogP contribution in [0.1, 0.15) is 24.8 Å². The van der Waals surface area contributed by atoms with E-state index in [1.54, 1.807) is 0 Å². The Morgan fingerprint density at radius 3 is 2.82 bits per heavy atom. The molecule has 1 saturated heterocycles. The normalized spacial score (nSPS) is 20.3. The standard InChI is InChI=1S/C13H17Cl2NO/c1-9-6-12(15)13(7-11(9)14)16-8-10-4-2-3-5-17-10/h6-7,10,16H,2-5,8H2,1H3. The molecule has 1 atom stereocenters. The van der Waals surface area contributed by atoms with E-state index < -0.39 is 0 Å². The van der Waals surface area contributed by atoms with Crippen molar-refractivity contribution in [3.63, 3.8) is 0 Å². The van der Waals surface area contributed by atoms with Crippen LogP contribution in [0.3, 0.4) is 0 Å². The van der Waals surface area contributed by atoms with Gasteiger partial charge in [0.25, 0.3) is 0 Å². The molecule has 2 rings (SSSR count). The van der Waals surface area contributed by atoms with Gasteiger partial charge in [0.05, 0.1) is 16.8 Å². The summed E-state index contributed by atoms with van der Waals surface area (Å²) >= 11 is 12.2. The third-order valence-corrected chi connectivity index (χ3v) is 3.76. The predicted molar refractivity (Wildman–Crippen MR) is 73.3 cm³/mol. The van der Waals surface area contributed by atoms with E-state index in [4.69, 9.17) is 27.9 Å². The first-order valence-electron chi connectivity index (χ1n) is 5.98. The lowest BCUT2D eigenvalue weighted by Crippen LogP contribution is -2.27. The number of hydrogen-bond donors (Lipinski definition) is 1. The summed E-state index contributed by atoms with van der Waals surface area (Å²) in [7, 11) is 0. The summed E-state index contributed by atoms with van der Waals surface area (Å²) in [5.74, 6) is 0. The zero-order chi connectivity index (χ0) is 12.3. The molecule has 0 spiro atoms. The monoisotopic (exact) mass is 273 g/mol. The minimum atomic E-state index is 0.292. The third kappa shape index (κ3) is 3.51. The van der Waals surface area contributed by atoms with Crippen molar-refractivity contribution >= 4 is 28.9 Å². The highest BCUT2D eigenvalue weighted by molar-refractivity contribution is 6.35. The van der Waals surface area contributed by atoms with E-state index in [0.29, 0.717) is 11.1 Å². The van der Waals surface area contributed by atoms with Gasteiger partial charge < -0.3 is 10.1 Å². The first kappa shape index (κ1) is 13.0. The number of hydrogen-bond acceptors (Lipinski definition) is 2. The number of anilines is 1. The molecule has 2 nitrogen and oxygen atoms in total. The van der Waals surface area contributed by atoms with Crippen molar-refractivity contribution in [2.24, 2.45) is 0 Å². The largest absolute Gasteiger partial charge is 0.381 e. The first-order chi connectivity index (χ1) is 8.16. The molecule has 0 aliphatic carbocycles. The fourth-order valence-corrected chi connectivity index (χ4v) is 2.42. The Kier molecular flexibility index (Phi) is 4.55. The summed E-state index contributed by atoms with van der Waals surface area (Å²) in [5.41, 5.74) is 1.88. The van der Waals surface area contributed by atoms with Gasteiger partial charge in [0.1, 0.15) is 0 Å². The average molecular weight is 274 g/mol. The van der Waals surface area contributed by atoms with Gasteiger partial charge in [-0.25, -0.2) is 0 Å². The fraction of sp³-hybridized carbons (Fsp3) is 0.538. The molecule has 1 aliphatic heterocycles. The highest BCUT2D eigenvalue weighted by Crippen LogP contribution is 2.29. The molecule has 1 fully saturated rings. The maximum atomic E-state index is 6.16. The van der Waals surface area contributed by atoms with E-state index in [1.807, 2.05) is 19.1 Å². The minimum Gasteiger partial charge on any atom is -0.381 e. The molecule has 4 heteroatoms. The molecule has 1 aromatic rings. The van der Waals surface area contributed by atoms with Gasteiger partial charge in [-0.1, -0.05) is 23.2 Å². The maximum Gasteiger partial charge on any atom is 0.0747 e. The van der Waals surface area contributed by atoms with Crippen molar-refractivity contribution in [2.75, 3.05) is 18.5 Å². The van der Waals surface area contributed by atoms with Crippen molar-refractivity contribution in [3.05, 3.63) is 27.7 Å². The molecule has 0 saturated carbocycles. The lowest BCUT2D eigenvalue weighted by molar-refractivity contribution is 0.0247. The van der Waals surface area contributed by atoms with Crippen LogP contribution < -0.4 is 5.32 Å². The molecule has 0 amide bonds. The van der Waals surface area contributed by atoms with Crippen LogP contribution in [-0.4, -0.2) is 19.3 Å². The molecule has 0 radical (unpaired) electrons. The molecular weight excluding hydrogens is 257 g/mol. The maximum absolute atomic E-state index is 6.16. The van der Waals surface area contributed by atoms with Crippen molar-refractivity contribution in [2.45, 2.75) is 32.3 Å². The van der Waals surface area contributed by atoms with Gasteiger partial charge in [0.15, 0.2) is 0 Å². The second kappa shape index (κ2) is 5.94. The van der Waals surface area contributed by atoms with E-state index >= 15 is 0 Å². The summed E-state index contributed by atoms with van der Waals surface area (Å²) in [5, 5.41) is 4.76. The van der Waals surface area contributed by atoms with Crippen molar-refractivity contribution in [3.8, 4) is 0 Å². The van der Waals surface area contributed by atoms with Gasteiger partial charge in [0, 0.05) is 18.2 Å². The Hall–Kier alpha value is -0.440. The Morgan fingerprint density at radius 2 is 2.12 bits per heavy atom. The Morgan fingerprint density at radius 1 is 1.29 bits per heavy atom. The van der Waals surface area contributed by atoms with E-state index in [1.165, 1.54) is 12.8 Å². The molecule has 1 unspecified atom stereocenters. The summed E-state index contributed by atoms with van der Waals surface area (Å²) in [4.78, 5) is 0. The van der Waals surface area contributed by atoms with E-state index in [0.717, 1.165) is 35.8 Å². The second-order valence-corrected chi connectivity index (χ2v) is 5.27. The Balaban J connectivity index is 1.96. The van der Waals surface area contributed by atoms with E-state index in [-0.39, 0.29) is 0 Å². The molecule has 0 bridgehead atoms. The Labute approximate surface area is 112 Å². The Bertz CT molecular complexity index is 389. The van der Waals surface area contributed by atoms with Gasteiger partial charge in [-0.15, -0.1) is 0 Å². The lowest BCUT2D eigenvalue weighted by atomic mass is 10.1. The number of ether oxygens (including phenoxy) is 1. The molecule has 1 aliphatic rings. The summed E-state index contributed by atoms with van der Waals surface area (Å²) < 4.78 is 5.65. The van der Waals surface area contributed by atoms with Gasteiger partial charge in [-0.3, -0.25) is 0 Å². The molecule has 17 heavy (non-hydrogen) atoms. The van der Waals surface area contributed by atoms with Crippen LogP contribution in [0.15, 0.2) is 12.1 Å². The van der Waals surface area contributed by atoms with Crippen LogP contribution >= 0.6 is 23.2 Å². The van der Waals surface area contributed by atoms with Crippen molar-refractivity contribution in [1.82, 2.24) is 0 Å². The minimum absolute atomic E-state index is 0.292. The van der Waals surface area contributed by atoms with Gasteiger partial charge in [0.2, 0.25) is 0 Å². The van der Waals surface area contributed by atoms with E-state index in [2.05, 4.69) is 5.32 Å².